The molecule has 1 aromatic rings. The van der Waals surface area contributed by atoms with Gasteiger partial charge in [-0.15, -0.1) is 0 Å². The molecule has 1 amide bonds. The summed E-state index contributed by atoms with van der Waals surface area (Å²) < 4.78 is 6.27. The van der Waals surface area contributed by atoms with Crippen molar-refractivity contribution in [3.05, 3.63) is 29.8 Å². The minimum Gasteiger partial charge on any atom is -0.508 e. The number of ether oxygens (including phenoxy) is 1. The number of phenolic OH excluding ortho intramolecular Hbond substituents is 1. The van der Waals surface area contributed by atoms with E-state index >= 15 is 0 Å². The molecule has 1 aliphatic heterocycles. The fourth-order valence-electron chi connectivity index (χ4n) is 3.83. The zero-order valence-corrected chi connectivity index (χ0v) is 14.6. The Morgan fingerprint density at radius 1 is 1.12 bits per heavy atom. The number of phenols is 1. The van der Waals surface area contributed by atoms with E-state index in [0.717, 1.165) is 37.4 Å². The number of benzene rings is 1. The van der Waals surface area contributed by atoms with E-state index in [4.69, 9.17) is 4.74 Å². The first-order valence-electron chi connectivity index (χ1n) is 9.31. The predicted octanol–water partition coefficient (Wildman–Crippen LogP) is 3.52. The maximum atomic E-state index is 12.4. The molecule has 2 aliphatic rings. The number of carbonyl (C=O) groups is 1. The number of hydrogen-bond acceptors (Lipinski definition) is 3. The maximum Gasteiger partial charge on any atom is 0.226 e. The number of likely N-dealkylation sites (tertiary alicyclic amines) is 1. The van der Waals surface area contributed by atoms with Crippen LogP contribution in [0.5, 0.6) is 5.75 Å². The van der Waals surface area contributed by atoms with E-state index in [2.05, 4.69) is 6.92 Å². The molecule has 0 atom stereocenters. The van der Waals surface area contributed by atoms with Crippen LogP contribution in [0.2, 0.25) is 0 Å². The molecule has 1 aromatic carbocycles. The van der Waals surface area contributed by atoms with Crippen molar-refractivity contribution < 1.29 is 14.6 Å². The van der Waals surface area contributed by atoms with Gasteiger partial charge in [0.15, 0.2) is 0 Å². The Morgan fingerprint density at radius 2 is 1.79 bits per heavy atom. The fraction of sp³-hybridized carbons (Fsp3) is 0.650. The zero-order valence-electron chi connectivity index (χ0n) is 14.6. The summed E-state index contributed by atoms with van der Waals surface area (Å²) in [6.07, 6.45) is 7.94. The van der Waals surface area contributed by atoms with Gasteiger partial charge in [-0.25, -0.2) is 0 Å². The van der Waals surface area contributed by atoms with Gasteiger partial charge >= 0.3 is 0 Å². The van der Waals surface area contributed by atoms with Gasteiger partial charge < -0.3 is 14.7 Å². The SMILES string of the molecule is CC1CCC(OC2CCN(C(=O)Cc3cccc(O)c3)CC2)CC1. The second-order valence-corrected chi connectivity index (χ2v) is 7.44. The molecule has 2 fully saturated rings. The van der Waals surface area contributed by atoms with E-state index in [1.54, 1.807) is 18.2 Å². The normalized spacial score (nSPS) is 25.6. The van der Waals surface area contributed by atoms with Crippen LogP contribution in [0.3, 0.4) is 0 Å². The second-order valence-electron chi connectivity index (χ2n) is 7.44. The molecule has 0 spiro atoms. The highest BCUT2D eigenvalue weighted by molar-refractivity contribution is 5.79. The van der Waals surface area contributed by atoms with E-state index in [0.29, 0.717) is 18.6 Å². The van der Waals surface area contributed by atoms with E-state index in [-0.39, 0.29) is 11.7 Å². The lowest BCUT2D eigenvalue weighted by molar-refractivity contribution is -0.134. The first-order valence-corrected chi connectivity index (χ1v) is 9.31. The van der Waals surface area contributed by atoms with E-state index in [1.807, 2.05) is 11.0 Å². The van der Waals surface area contributed by atoms with Crippen molar-refractivity contribution in [2.24, 2.45) is 5.92 Å². The Bertz CT molecular complexity index is 544. The minimum atomic E-state index is 0.144. The smallest absolute Gasteiger partial charge is 0.226 e. The number of rotatable bonds is 4. The molecule has 4 heteroatoms. The van der Waals surface area contributed by atoms with Crippen LogP contribution in [0, 0.1) is 5.92 Å². The van der Waals surface area contributed by atoms with Crippen LogP contribution in [0.4, 0.5) is 0 Å². The molecule has 4 nitrogen and oxygen atoms in total. The van der Waals surface area contributed by atoms with Crippen LogP contribution in [0.1, 0.15) is 51.0 Å². The van der Waals surface area contributed by atoms with Crippen LogP contribution < -0.4 is 0 Å². The summed E-state index contributed by atoms with van der Waals surface area (Å²) in [7, 11) is 0. The summed E-state index contributed by atoms with van der Waals surface area (Å²) in [5.74, 6) is 1.21. The molecule has 0 radical (unpaired) electrons. The molecule has 0 aromatic heterocycles. The third kappa shape index (κ3) is 4.73. The van der Waals surface area contributed by atoms with Gasteiger partial charge in [-0.2, -0.15) is 0 Å². The Hall–Kier alpha value is -1.55. The lowest BCUT2D eigenvalue weighted by Gasteiger charge is -2.35. The zero-order chi connectivity index (χ0) is 16.9. The molecule has 1 aliphatic carbocycles. The summed E-state index contributed by atoms with van der Waals surface area (Å²) in [6, 6.07) is 6.96. The van der Waals surface area contributed by atoms with Crippen LogP contribution in [-0.2, 0) is 16.0 Å². The van der Waals surface area contributed by atoms with Gasteiger partial charge in [0.05, 0.1) is 18.6 Å². The van der Waals surface area contributed by atoms with Gasteiger partial charge in [0.2, 0.25) is 5.91 Å². The number of hydrogen-bond donors (Lipinski definition) is 1. The first kappa shape index (κ1) is 17.3. The number of aromatic hydroxyl groups is 1. The molecule has 24 heavy (non-hydrogen) atoms. The van der Waals surface area contributed by atoms with Gasteiger partial charge in [0.25, 0.3) is 0 Å². The first-order chi connectivity index (χ1) is 11.6. The molecule has 1 saturated heterocycles. The van der Waals surface area contributed by atoms with Crippen LogP contribution >= 0.6 is 0 Å². The van der Waals surface area contributed by atoms with Crippen molar-refractivity contribution in [2.75, 3.05) is 13.1 Å². The van der Waals surface area contributed by atoms with E-state index < -0.39 is 0 Å². The average Bonchev–Trinajstić information content (AvgIpc) is 2.57. The highest BCUT2D eigenvalue weighted by Gasteiger charge is 2.27. The molecule has 0 bridgehead atoms. The molecular weight excluding hydrogens is 302 g/mol. The summed E-state index contributed by atoms with van der Waals surface area (Å²) in [6.45, 7) is 3.89. The number of amides is 1. The summed E-state index contributed by atoms with van der Waals surface area (Å²) in [4.78, 5) is 14.4. The lowest BCUT2D eigenvalue weighted by Crippen LogP contribution is -2.42. The Balaban J connectivity index is 1.42. The standard InChI is InChI=1S/C20H29NO3/c1-15-5-7-18(8-6-15)24-19-9-11-21(12-10-19)20(23)14-16-3-2-4-17(22)13-16/h2-4,13,15,18-19,22H,5-12,14H2,1H3. The van der Waals surface area contributed by atoms with Crippen LogP contribution in [0.25, 0.3) is 0 Å². The fourth-order valence-corrected chi connectivity index (χ4v) is 3.83. The largest absolute Gasteiger partial charge is 0.508 e. The van der Waals surface area contributed by atoms with Crippen molar-refractivity contribution in [1.29, 1.82) is 0 Å². The molecule has 1 saturated carbocycles. The monoisotopic (exact) mass is 331 g/mol. The molecule has 1 N–H and O–H groups in total. The van der Waals surface area contributed by atoms with Gasteiger partial charge in [-0.3, -0.25) is 4.79 Å². The average molecular weight is 331 g/mol. The second kappa shape index (κ2) is 8.02. The molecule has 132 valence electrons. The summed E-state index contributed by atoms with van der Waals surface area (Å²) in [5.41, 5.74) is 0.870. The van der Waals surface area contributed by atoms with Crippen molar-refractivity contribution in [1.82, 2.24) is 4.90 Å². The number of nitrogens with zero attached hydrogens (tertiary/aromatic N) is 1. The van der Waals surface area contributed by atoms with E-state index in [1.165, 1.54) is 25.7 Å². The van der Waals surface area contributed by atoms with Gasteiger partial charge in [-0.05, 0) is 62.1 Å². The third-order valence-electron chi connectivity index (χ3n) is 5.41. The highest BCUT2D eigenvalue weighted by Crippen LogP contribution is 2.28. The van der Waals surface area contributed by atoms with E-state index in [9.17, 15) is 9.90 Å². The summed E-state index contributed by atoms with van der Waals surface area (Å²) in [5, 5.41) is 9.50. The van der Waals surface area contributed by atoms with Crippen LogP contribution in [0.15, 0.2) is 24.3 Å². The Labute approximate surface area is 144 Å². The van der Waals surface area contributed by atoms with Crippen LogP contribution in [-0.4, -0.2) is 41.2 Å². The molecular formula is C20H29NO3. The Kier molecular flexibility index (Phi) is 5.77. The van der Waals surface area contributed by atoms with Crippen molar-refractivity contribution in [3.63, 3.8) is 0 Å². The molecule has 1 heterocycles. The lowest BCUT2D eigenvalue weighted by atomic mass is 9.88. The number of carbonyl (C=O) groups excluding carboxylic acids is 1. The maximum absolute atomic E-state index is 12.4. The molecule has 0 unspecified atom stereocenters. The topological polar surface area (TPSA) is 49.8 Å². The molecule has 3 rings (SSSR count). The minimum absolute atomic E-state index is 0.144. The summed E-state index contributed by atoms with van der Waals surface area (Å²) >= 11 is 0. The number of piperidine rings is 1. The van der Waals surface area contributed by atoms with Gasteiger partial charge in [0.1, 0.15) is 5.75 Å². The van der Waals surface area contributed by atoms with Crippen molar-refractivity contribution in [3.8, 4) is 5.75 Å². The van der Waals surface area contributed by atoms with Crippen molar-refractivity contribution >= 4 is 5.91 Å². The predicted molar refractivity (Wildman–Crippen MR) is 93.9 cm³/mol. The third-order valence-corrected chi connectivity index (χ3v) is 5.41. The van der Waals surface area contributed by atoms with Gasteiger partial charge in [-0.1, -0.05) is 19.1 Å². The highest BCUT2D eigenvalue weighted by atomic mass is 16.5. The van der Waals surface area contributed by atoms with Crippen molar-refractivity contribution in [2.45, 2.75) is 64.1 Å². The van der Waals surface area contributed by atoms with Gasteiger partial charge in [0, 0.05) is 13.1 Å². The quantitative estimate of drug-likeness (QED) is 0.918. The Morgan fingerprint density at radius 3 is 2.46 bits per heavy atom.